The molecular weight excluding hydrogens is 629 g/mol. The number of nitrogens with zero attached hydrogens (tertiary/aromatic N) is 9. The molecule has 2 fully saturated rings. The molecule has 1 saturated heterocycles. The fourth-order valence-corrected chi connectivity index (χ4v) is 5.71. The minimum Gasteiger partial charge on any atom is -0.475 e. The number of hydrogen-bond acceptors (Lipinski definition) is 10. The van der Waals surface area contributed by atoms with E-state index in [9.17, 15) is 23.2 Å². The Morgan fingerprint density at radius 3 is 2.29 bits per heavy atom. The molecule has 0 atom stereocenters. The number of alkyl halides is 3. The number of piperazine rings is 1. The zero-order chi connectivity index (χ0) is 34.8. The van der Waals surface area contributed by atoms with Crippen molar-refractivity contribution in [3.8, 4) is 6.07 Å². The zero-order valence-corrected chi connectivity index (χ0v) is 27.6. The normalized spacial score (nSPS) is 16.3. The molecule has 16 heteroatoms. The number of hydrogen-bond donors (Lipinski definition) is 2. The average molecular weight is 673 g/mol. The summed E-state index contributed by atoms with van der Waals surface area (Å²) < 4.78 is 33.7. The van der Waals surface area contributed by atoms with Crippen molar-refractivity contribution in [3.05, 3.63) is 47.5 Å². The molecule has 48 heavy (non-hydrogen) atoms. The van der Waals surface area contributed by atoms with Crippen LogP contribution in [0.15, 0.2) is 30.6 Å². The van der Waals surface area contributed by atoms with Gasteiger partial charge in [0.25, 0.3) is 5.91 Å². The largest absolute Gasteiger partial charge is 0.490 e. The summed E-state index contributed by atoms with van der Waals surface area (Å²) >= 11 is 0. The summed E-state index contributed by atoms with van der Waals surface area (Å²) in [6, 6.07) is 10.1. The van der Waals surface area contributed by atoms with Crippen LogP contribution >= 0.6 is 0 Å². The third-order valence-electron chi connectivity index (χ3n) is 8.40. The summed E-state index contributed by atoms with van der Waals surface area (Å²) in [7, 11) is 6.25. The number of carbonyl (C=O) groups is 2. The Labute approximate surface area is 277 Å². The number of likely N-dealkylation sites (N-methyl/N-ethyl adjacent to an activating group) is 1. The highest BCUT2D eigenvalue weighted by molar-refractivity contribution is 5.96. The number of benzene rings is 1. The minimum absolute atomic E-state index is 0.0268. The number of fused-ring (bicyclic) bond motifs is 1. The number of hydrazine groups is 1. The van der Waals surface area contributed by atoms with E-state index in [0.29, 0.717) is 22.5 Å². The van der Waals surface area contributed by atoms with E-state index < -0.39 is 12.1 Å². The van der Waals surface area contributed by atoms with Crippen LogP contribution in [0.1, 0.15) is 60.3 Å². The van der Waals surface area contributed by atoms with Crippen molar-refractivity contribution >= 4 is 28.9 Å². The maximum Gasteiger partial charge on any atom is 0.490 e. The molecule has 0 bridgehead atoms. The van der Waals surface area contributed by atoms with Crippen molar-refractivity contribution in [2.75, 3.05) is 59.3 Å². The topological polar surface area (TPSA) is 147 Å². The molecule has 1 amide bonds. The van der Waals surface area contributed by atoms with E-state index in [4.69, 9.17) is 9.90 Å². The number of aromatic nitrogens is 4. The van der Waals surface area contributed by atoms with Gasteiger partial charge in [0.1, 0.15) is 6.07 Å². The predicted molar refractivity (Wildman–Crippen MR) is 173 cm³/mol. The van der Waals surface area contributed by atoms with Gasteiger partial charge < -0.3 is 19.5 Å². The van der Waals surface area contributed by atoms with E-state index in [1.807, 2.05) is 30.8 Å². The number of nitrogens with one attached hydrogen (secondary N) is 1. The standard InChI is InChI=1S/C30H42N10O.C2HF3O2/c1-36(2)14-7-15-39-22-32-27-28(33-26(20-31)34-29(27)39)35-40(25-8-5-4-6-9-25)30(41)24-12-10-23(11-13-24)21-38-18-16-37(3)17-19-38;3-2(4,5)1(6)7/h10-13,22,25H,4-9,14-19,21H2,1-3H3,(H,33,34,35);(H,6,7). The van der Waals surface area contributed by atoms with Crippen LogP contribution in [0, 0.1) is 11.3 Å². The summed E-state index contributed by atoms with van der Waals surface area (Å²) in [5, 5.41) is 18.5. The maximum atomic E-state index is 14.0. The molecule has 2 aliphatic rings. The van der Waals surface area contributed by atoms with E-state index in [1.54, 1.807) is 11.3 Å². The van der Waals surface area contributed by atoms with Crippen molar-refractivity contribution in [3.63, 3.8) is 0 Å². The van der Waals surface area contributed by atoms with Gasteiger partial charge in [-0.25, -0.2) is 14.8 Å². The number of anilines is 1. The fraction of sp³-hybridized carbons (Fsp3) is 0.562. The smallest absolute Gasteiger partial charge is 0.475 e. The first kappa shape index (κ1) is 36.5. The van der Waals surface area contributed by atoms with Crippen LogP contribution in [-0.2, 0) is 17.9 Å². The number of aliphatic carboxylic acids is 1. The van der Waals surface area contributed by atoms with Crippen LogP contribution in [0.2, 0.25) is 0 Å². The Bertz CT molecular complexity index is 1560. The second-order valence-corrected chi connectivity index (χ2v) is 12.4. The molecule has 13 nitrogen and oxygen atoms in total. The number of imidazole rings is 1. The number of aryl methyl sites for hydroxylation is 1. The van der Waals surface area contributed by atoms with Gasteiger partial charge in [0.05, 0.1) is 12.4 Å². The monoisotopic (exact) mass is 672 g/mol. The van der Waals surface area contributed by atoms with Gasteiger partial charge in [0, 0.05) is 44.8 Å². The second kappa shape index (κ2) is 16.7. The Morgan fingerprint density at radius 2 is 1.71 bits per heavy atom. The van der Waals surface area contributed by atoms with Crippen molar-refractivity contribution in [1.82, 2.24) is 39.2 Å². The van der Waals surface area contributed by atoms with E-state index in [1.165, 1.54) is 12.0 Å². The Hall–Kier alpha value is -4.33. The van der Waals surface area contributed by atoms with Crippen LogP contribution in [-0.4, -0.2) is 122 Å². The lowest BCUT2D eigenvalue weighted by atomic mass is 9.94. The third kappa shape index (κ3) is 10.1. The van der Waals surface area contributed by atoms with Gasteiger partial charge in [-0.3, -0.25) is 15.1 Å². The average Bonchev–Trinajstić information content (AvgIpc) is 3.47. The van der Waals surface area contributed by atoms with E-state index in [0.717, 1.165) is 77.9 Å². The fourth-order valence-electron chi connectivity index (χ4n) is 5.71. The molecule has 260 valence electrons. The van der Waals surface area contributed by atoms with E-state index in [2.05, 4.69) is 60.3 Å². The summed E-state index contributed by atoms with van der Waals surface area (Å²) in [6.07, 6.45) is 2.73. The lowest BCUT2D eigenvalue weighted by Gasteiger charge is -2.34. The van der Waals surface area contributed by atoms with Crippen LogP contribution in [0.3, 0.4) is 0 Å². The molecule has 0 spiro atoms. The Kier molecular flexibility index (Phi) is 12.7. The number of carboxylic acid groups (broad SMARTS) is 1. The van der Waals surface area contributed by atoms with Gasteiger partial charge >= 0.3 is 12.1 Å². The highest BCUT2D eigenvalue weighted by atomic mass is 19.4. The number of rotatable bonds is 10. The minimum atomic E-state index is -5.08. The SMILES string of the molecule is CN(C)CCCn1cnc2c(NN(C(=O)c3ccc(CN4CCN(C)CC4)cc3)C3CCCCC3)nc(C#N)nc21.O=C(O)C(F)(F)F. The molecule has 1 aliphatic carbocycles. The van der Waals surface area contributed by atoms with Gasteiger partial charge in [-0.1, -0.05) is 31.4 Å². The molecule has 1 aromatic carbocycles. The molecule has 2 aromatic heterocycles. The lowest BCUT2D eigenvalue weighted by Crippen LogP contribution is -2.45. The number of amides is 1. The van der Waals surface area contributed by atoms with Gasteiger partial charge in [-0.05, 0) is 64.6 Å². The molecule has 0 radical (unpaired) electrons. The first-order valence-corrected chi connectivity index (χ1v) is 16.0. The van der Waals surface area contributed by atoms with Crippen LogP contribution in [0.4, 0.5) is 19.0 Å². The molecular formula is C32H43F3N10O3. The molecule has 3 heterocycles. The van der Waals surface area contributed by atoms with Crippen molar-refractivity contribution in [2.45, 2.75) is 63.8 Å². The summed E-state index contributed by atoms with van der Waals surface area (Å²) in [5.74, 6) is -2.41. The molecule has 5 rings (SSSR count). The van der Waals surface area contributed by atoms with Gasteiger partial charge in [0.2, 0.25) is 5.82 Å². The van der Waals surface area contributed by atoms with Crippen LogP contribution < -0.4 is 5.43 Å². The summed E-state index contributed by atoms with van der Waals surface area (Å²) in [6.45, 7) is 6.81. The van der Waals surface area contributed by atoms with Gasteiger partial charge in [-0.15, -0.1) is 0 Å². The Morgan fingerprint density at radius 1 is 1.06 bits per heavy atom. The molecule has 1 aliphatic heterocycles. The van der Waals surface area contributed by atoms with Gasteiger partial charge in [0.15, 0.2) is 17.0 Å². The number of halogens is 3. The highest BCUT2D eigenvalue weighted by Gasteiger charge is 2.38. The first-order valence-electron chi connectivity index (χ1n) is 16.0. The van der Waals surface area contributed by atoms with E-state index >= 15 is 0 Å². The molecule has 2 N–H and O–H groups in total. The van der Waals surface area contributed by atoms with Crippen LogP contribution in [0.5, 0.6) is 0 Å². The van der Waals surface area contributed by atoms with Crippen LogP contribution in [0.25, 0.3) is 11.2 Å². The molecule has 3 aromatic rings. The first-order chi connectivity index (χ1) is 22.8. The Balaban J connectivity index is 0.000000671. The van der Waals surface area contributed by atoms with Crippen molar-refractivity contribution in [2.24, 2.45) is 0 Å². The lowest BCUT2D eigenvalue weighted by molar-refractivity contribution is -0.192. The van der Waals surface area contributed by atoms with Crippen molar-refractivity contribution < 1.29 is 27.9 Å². The number of carbonyl (C=O) groups excluding carboxylic acids is 1. The quantitative estimate of drug-likeness (QED) is 0.303. The predicted octanol–water partition coefficient (Wildman–Crippen LogP) is 3.83. The van der Waals surface area contributed by atoms with Crippen molar-refractivity contribution in [1.29, 1.82) is 5.26 Å². The summed E-state index contributed by atoms with van der Waals surface area (Å²) in [4.78, 5) is 43.4. The number of nitriles is 1. The zero-order valence-electron chi connectivity index (χ0n) is 27.6. The maximum absolute atomic E-state index is 14.0. The molecule has 1 saturated carbocycles. The van der Waals surface area contributed by atoms with E-state index in [-0.39, 0.29) is 17.8 Å². The van der Waals surface area contributed by atoms with Gasteiger partial charge in [-0.2, -0.15) is 28.4 Å². The molecule has 0 unspecified atom stereocenters. The third-order valence-corrected chi connectivity index (χ3v) is 8.40. The second-order valence-electron chi connectivity index (χ2n) is 12.4. The number of carboxylic acids is 1. The highest BCUT2D eigenvalue weighted by Crippen LogP contribution is 2.27. The summed E-state index contributed by atoms with van der Waals surface area (Å²) in [5.41, 5.74) is 6.32.